The van der Waals surface area contributed by atoms with Crippen molar-refractivity contribution in [2.24, 2.45) is 0 Å². The van der Waals surface area contributed by atoms with Crippen LogP contribution < -0.4 is 0 Å². The number of rotatable bonds is 4. The van der Waals surface area contributed by atoms with Gasteiger partial charge in [0.15, 0.2) is 0 Å². The third kappa shape index (κ3) is 3.78. The summed E-state index contributed by atoms with van der Waals surface area (Å²) in [6.45, 7) is 0. The van der Waals surface area contributed by atoms with Crippen molar-refractivity contribution in [3.05, 3.63) is 38.6 Å². The first-order valence-corrected chi connectivity index (χ1v) is 9.11. The number of benzene rings is 1. The Balaban J connectivity index is 2.54. The highest BCUT2D eigenvalue weighted by Crippen LogP contribution is 2.56. The van der Waals surface area contributed by atoms with Crippen LogP contribution in [0.3, 0.4) is 0 Å². The van der Waals surface area contributed by atoms with E-state index in [1.165, 1.54) is 6.07 Å². The molecule has 0 N–H and O–H groups in total. The van der Waals surface area contributed by atoms with Crippen molar-refractivity contribution in [3.63, 3.8) is 0 Å². The Morgan fingerprint density at radius 1 is 1.04 bits per heavy atom. The van der Waals surface area contributed by atoms with Gasteiger partial charge in [0.05, 0.1) is 0 Å². The molecule has 0 bridgehead atoms. The Morgan fingerprint density at radius 2 is 1.67 bits per heavy atom. The first kappa shape index (κ1) is 20.1. The molecule has 0 saturated heterocycles. The van der Waals surface area contributed by atoms with E-state index >= 15 is 0 Å². The van der Waals surface area contributed by atoms with E-state index in [0.717, 1.165) is 17.4 Å². The minimum Gasteiger partial charge on any atom is -0.188 e. The summed E-state index contributed by atoms with van der Waals surface area (Å²) in [5, 5.41) is -3.78. The van der Waals surface area contributed by atoms with Crippen LogP contribution in [0.4, 0.5) is 30.7 Å². The normalized spacial score (nSPS) is 13.4. The lowest BCUT2D eigenvalue weighted by Gasteiger charge is -2.28. The summed E-state index contributed by atoms with van der Waals surface area (Å²) in [4.78, 5) is -0.0249. The maximum absolute atomic E-state index is 13.7. The van der Waals surface area contributed by atoms with E-state index < -0.39 is 34.0 Å². The standard InChI is InChI=1S/C13H4Br2F7S2/c14-6-4-7(15)10(8-2-1-3-23-8)9(5-6)24-13(21,22)11(16,17)12(18,19)20/h1-3,5H. The summed E-state index contributed by atoms with van der Waals surface area (Å²) in [7, 11) is 0. The van der Waals surface area contributed by atoms with Gasteiger partial charge in [-0.1, -0.05) is 22.0 Å². The summed E-state index contributed by atoms with van der Waals surface area (Å²) in [6, 6.07) is 6.83. The highest BCUT2D eigenvalue weighted by atomic mass is 79.9. The Morgan fingerprint density at radius 3 is 2.17 bits per heavy atom. The van der Waals surface area contributed by atoms with Crippen LogP contribution in [0.5, 0.6) is 0 Å². The largest absolute Gasteiger partial charge is 0.460 e. The average molecular weight is 517 g/mol. The molecule has 24 heavy (non-hydrogen) atoms. The second-order valence-corrected chi connectivity index (χ2v) is 8.09. The number of thioether (sulfide) groups is 1. The SMILES string of the molecule is FC(F)(F)C(F)(F)C(F)(F)Sc1cc(Br)[c]c(Br)c1-c1cccs1. The van der Waals surface area contributed by atoms with Crippen LogP contribution in [0.2, 0.25) is 0 Å². The van der Waals surface area contributed by atoms with Gasteiger partial charge in [-0.05, 0) is 45.2 Å². The molecular weight excluding hydrogens is 513 g/mol. The Kier molecular flexibility index (Phi) is 5.69. The zero-order valence-corrected chi connectivity index (χ0v) is 15.8. The molecule has 11 heteroatoms. The second-order valence-electron chi connectivity index (χ2n) is 4.34. The maximum atomic E-state index is 13.7. The predicted molar refractivity (Wildman–Crippen MR) is 85.8 cm³/mol. The molecule has 0 aliphatic rings. The quantitative estimate of drug-likeness (QED) is 0.297. The Bertz CT molecular complexity index is 727. The third-order valence-electron chi connectivity index (χ3n) is 2.68. The van der Waals surface area contributed by atoms with Crippen molar-refractivity contribution in [1.29, 1.82) is 0 Å². The lowest BCUT2D eigenvalue weighted by atomic mass is 10.2. The van der Waals surface area contributed by atoms with E-state index in [0.29, 0.717) is 4.88 Å². The number of hydrogen-bond acceptors (Lipinski definition) is 2. The lowest BCUT2D eigenvalue weighted by molar-refractivity contribution is -0.330. The molecule has 0 fully saturated rings. The Hall–Kier alpha value is -0.260. The summed E-state index contributed by atoms with van der Waals surface area (Å²) in [5.74, 6) is -6.18. The highest BCUT2D eigenvalue weighted by molar-refractivity contribution is 9.11. The molecule has 1 radical (unpaired) electrons. The van der Waals surface area contributed by atoms with E-state index in [1.807, 2.05) is 0 Å². The molecule has 0 unspecified atom stereocenters. The zero-order valence-electron chi connectivity index (χ0n) is 11.0. The maximum Gasteiger partial charge on any atom is 0.460 e. The molecule has 1 aromatic heterocycles. The monoisotopic (exact) mass is 515 g/mol. The number of halogens is 9. The van der Waals surface area contributed by atoms with Crippen LogP contribution in [0, 0.1) is 6.07 Å². The molecule has 0 spiro atoms. The van der Waals surface area contributed by atoms with Gasteiger partial charge >= 0.3 is 17.4 Å². The van der Waals surface area contributed by atoms with Gasteiger partial charge in [-0.25, -0.2) is 0 Å². The molecule has 0 saturated carbocycles. The van der Waals surface area contributed by atoms with E-state index in [2.05, 4.69) is 37.9 Å². The molecule has 0 aliphatic heterocycles. The topological polar surface area (TPSA) is 0 Å². The fraction of sp³-hybridized carbons (Fsp3) is 0.231. The molecule has 1 heterocycles. The fourth-order valence-electron chi connectivity index (χ4n) is 1.60. The summed E-state index contributed by atoms with van der Waals surface area (Å²) < 4.78 is 90.9. The van der Waals surface area contributed by atoms with Gasteiger partial charge in [0.2, 0.25) is 0 Å². The van der Waals surface area contributed by atoms with Crippen LogP contribution in [-0.4, -0.2) is 17.4 Å². The van der Waals surface area contributed by atoms with Crippen LogP contribution in [0.15, 0.2) is 37.4 Å². The van der Waals surface area contributed by atoms with Gasteiger partial charge in [-0.15, -0.1) is 11.3 Å². The van der Waals surface area contributed by atoms with Crippen molar-refractivity contribution < 1.29 is 30.7 Å². The van der Waals surface area contributed by atoms with Crippen molar-refractivity contribution >= 4 is 55.0 Å². The molecule has 0 atom stereocenters. The summed E-state index contributed by atoms with van der Waals surface area (Å²) in [6.07, 6.45) is -6.37. The molecule has 0 amide bonds. The molecule has 1 aromatic carbocycles. The van der Waals surface area contributed by atoms with Crippen LogP contribution in [-0.2, 0) is 0 Å². The number of hydrogen-bond donors (Lipinski definition) is 0. The van der Waals surface area contributed by atoms with Crippen LogP contribution in [0.25, 0.3) is 10.4 Å². The van der Waals surface area contributed by atoms with Gasteiger partial charge in [0, 0.05) is 30.3 Å². The van der Waals surface area contributed by atoms with Crippen molar-refractivity contribution in [1.82, 2.24) is 0 Å². The van der Waals surface area contributed by atoms with Gasteiger partial charge in [-0.3, -0.25) is 0 Å². The van der Waals surface area contributed by atoms with E-state index in [-0.39, 0.29) is 14.5 Å². The third-order valence-corrected chi connectivity index (χ3v) is 5.64. The van der Waals surface area contributed by atoms with Gasteiger partial charge < -0.3 is 0 Å². The highest BCUT2D eigenvalue weighted by Gasteiger charge is 2.73. The van der Waals surface area contributed by atoms with Crippen LogP contribution in [0.1, 0.15) is 0 Å². The van der Waals surface area contributed by atoms with E-state index in [4.69, 9.17) is 0 Å². The van der Waals surface area contributed by atoms with Crippen LogP contribution >= 0.6 is 55.0 Å². The minimum absolute atomic E-state index is 0.0656. The minimum atomic E-state index is -6.37. The smallest absolute Gasteiger partial charge is 0.188 e. The molecule has 2 rings (SSSR count). The summed E-state index contributed by atoms with van der Waals surface area (Å²) in [5.41, 5.74) is 0.0656. The molecule has 0 aliphatic carbocycles. The second kappa shape index (κ2) is 6.81. The lowest BCUT2D eigenvalue weighted by Crippen LogP contribution is -2.49. The number of alkyl halides is 7. The predicted octanol–water partition coefficient (Wildman–Crippen LogP) is 7.62. The molecule has 2 aromatic rings. The fourth-order valence-corrected chi connectivity index (χ4v) is 5.21. The number of thiophene rings is 1. The Labute approximate surface area is 156 Å². The average Bonchev–Trinajstić information content (AvgIpc) is 2.89. The molecule has 0 nitrogen and oxygen atoms in total. The first-order chi connectivity index (χ1) is 10.9. The van der Waals surface area contributed by atoms with Gasteiger partial charge in [-0.2, -0.15) is 30.7 Å². The van der Waals surface area contributed by atoms with Gasteiger partial charge in [0.25, 0.3) is 0 Å². The van der Waals surface area contributed by atoms with E-state index in [1.54, 1.807) is 11.4 Å². The van der Waals surface area contributed by atoms with Crippen molar-refractivity contribution in [2.75, 3.05) is 0 Å². The zero-order chi connectivity index (χ0) is 18.3. The summed E-state index contributed by atoms with van der Waals surface area (Å²) >= 11 is 6.30. The first-order valence-electron chi connectivity index (χ1n) is 5.83. The molecular formula is C13H4Br2F7S2. The van der Waals surface area contributed by atoms with Crippen molar-refractivity contribution in [3.8, 4) is 10.4 Å². The molecule has 131 valence electrons. The van der Waals surface area contributed by atoms with Crippen molar-refractivity contribution in [2.45, 2.75) is 22.2 Å². The van der Waals surface area contributed by atoms with E-state index in [9.17, 15) is 30.7 Å². The van der Waals surface area contributed by atoms with Gasteiger partial charge in [0.1, 0.15) is 0 Å².